The molecule has 2 amide bonds. The Morgan fingerprint density at radius 3 is 2.60 bits per heavy atom. The van der Waals surface area contributed by atoms with Crippen molar-refractivity contribution in [3.05, 3.63) is 92.4 Å². The van der Waals surface area contributed by atoms with Crippen LogP contribution in [0.2, 0.25) is 0 Å². The molecule has 8 heteroatoms. The summed E-state index contributed by atoms with van der Waals surface area (Å²) in [5, 5.41) is 13.4. The molecule has 0 spiro atoms. The van der Waals surface area contributed by atoms with Crippen LogP contribution in [0.4, 0.5) is 4.39 Å². The van der Waals surface area contributed by atoms with Crippen LogP contribution >= 0.6 is 11.3 Å². The number of halogens is 1. The van der Waals surface area contributed by atoms with Gasteiger partial charge in [0, 0.05) is 44.1 Å². The van der Waals surface area contributed by atoms with Crippen LogP contribution in [0.25, 0.3) is 0 Å². The van der Waals surface area contributed by atoms with Crippen molar-refractivity contribution in [3.8, 4) is 0 Å². The minimum absolute atomic E-state index is 0.0651. The maximum Gasteiger partial charge on any atom is 0.261 e. The van der Waals surface area contributed by atoms with Gasteiger partial charge in [-0.25, -0.2) is 4.39 Å². The summed E-state index contributed by atoms with van der Waals surface area (Å²) >= 11 is 1.42. The van der Waals surface area contributed by atoms with E-state index in [1.807, 2.05) is 12.1 Å². The van der Waals surface area contributed by atoms with Crippen molar-refractivity contribution in [2.45, 2.75) is 32.0 Å². The minimum atomic E-state index is -0.660. The van der Waals surface area contributed by atoms with Gasteiger partial charge < -0.3 is 15.3 Å². The van der Waals surface area contributed by atoms with E-state index in [1.54, 1.807) is 17.0 Å². The van der Waals surface area contributed by atoms with E-state index in [9.17, 15) is 19.1 Å². The van der Waals surface area contributed by atoms with E-state index < -0.39 is 11.9 Å². The lowest BCUT2D eigenvalue weighted by molar-refractivity contribution is 0.0731. The molecule has 1 atom stereocenters. The second-order valence-electron chi connectivity index (χ2n) is 9.13. The molecular weight excluding hydrogens is 465 g/mol. The molecule has 3 aromatic rings. The largest absolute Gasteiger partial charge is 0.390 e. The topological polar surface area (TPSA) is 72.9 Å². The average molecular weight is 494 g/mol. The number of hydrogen-bond donors (Lipinski definition) is 2. The highest BCUT2D eigenvalue weighted by molar-refractivity contribution is 7.14. The summed E-state index contributed by atoms with van der Waals surface area (Å²) in [6.45, 7) is 3.22. The second-order valence-corrected chi connectivity index (χ2v) is 10.3. The highest BCUT2D eigenvalue weighted by Gasteiger charge is 2.26. The van der Waals surface area contributed by atoms with Crippen LogP contribution in [-0.2, 0) is 25.9 Å². The van der Waals surface area contributed by atoms with Crippen molar-refractivity contribution in [3.63, 3.8) is 0 Å². The molecule has 2 aliphatic rings. The number of nitrogens with one attached hydrogen (secondary N) is 1. The number of β-amino-alcohol motifs (C(OH)–C–C–N with tert-alkyl or cyclic N) is 1. The Kier molecular flexibility index (Phi) is 6.95. The summed E-state index contributed by atoms with van der Waals surface area (Å²) in [6.07, 6.45) is 0.937. The van der Waals surface area contributed by atoms with Crippen molar-refractivity contribution >= 4 is 23.2 Å². The van der Waals surface area contributed by atoms with Gasteiger partial charge in [0.25, 0.3) is 11.8 Å². The first-order valence-corrected chi connectivity index (χ1v) is 12.7. The predicted octanol–water partition coefficient (Wildman–Crippen LogP) is 3.23. The van der Waals surface area contributed by atoms with Gasteiger partial charge in [0.1, 0.15) is 5.82 Å². The van der Waals surface area contributed by atoms with Crippen LogP contribution < -0.4 is 5.32 Å². The zero-order valence-corrected chi connectivity index (χ0v) is 20.2. The number of fused-ring (bicyclic) bond motifs is 2. The molecule has 0 bridgehead atoms. The average Bonchev–Trinajstić information content (AvgIpc) is 3.31. The fraction of sp³-hybridized carbons (Fsp3) is 0.333. The van der Waals surface area contributed by atoms with Gasteiger partial charge in [-0.15, -0.1) is 11.3 Å². The maximum absolute atomic E-state index is 14.0. The smallest absolute Gasteiger partial charge is 0.261 e. The molecule has 1 unspecified atom stereocenters. The standard InChI is InChI=1S/C27H28FN3O3S/c28-23-8-4-3-7-22(23)27(34)31-12-10-24-20(16-31)13-25(35-24)26(33)29-14-21(32)17-30-11-9-18-5-1-2-6-19(18)15-30/h1-8,13,21,32H,9-12,14-17H2,(H,29,33). The normalized spacial score (nSPS) is 16.3. The molecule has 0 fully saturated rings. The first-order chi connectivity index (χ1) is 17.0. The number of rotatable bonds is 6. The van der Waals surface area contributed by atoms with Crippen LogP contribution in [-0.4, -0.2) is 59.0 Å². The van der Waals surface area contributed by atoms with Crippen LogP contribution in [0.15, 0.2) is 54.6 Å². The number of carbonyl (C=O) groups is 2. The number of aliphatic hydroxyl groups excluding tert-OH is 1. The van der Waals surface area contributed by atoms with Crippen LogP contribution in [0, 0.1) is 5.82 Å². The van der Waals surface area contributed by atoms with E-state index in [4.69, 9.17) is 0 Å². The van der Waals surface area contributed by atoms with Gasteiger partial charge in [0.2, 0.25) is 0 Å². The van der Waals surface area contributed by atoms with E-state index in [2.05, 4.69) is 28.4 Å². The summed E-state index contributed by atoms with van der Waals surface area (Å²) in [5.41, 5.74) is 3.64. The molecular formula is C27H28FN3O3S. The number of thiophene rings is 1. The molecule has 0 saturated heterocycles. The molecule has 2 N–H and O–H groups in total. The molecule has 2 aromatic carbocycles. The Morgan fingerprint density at radius 2 is 1.77 bits per heavy atom. The molecule has 0 aliphatic carbocycles. The van der Waals surface area contributed by atoms with Gasteiger partial charge in [-0.1, -0.05) is 36.4 Å². The fourth-order valence-electron chi connectivity index (χ4n) is 4.79. The van der Waals surface area contributed by atoms with Crippen LogP contribution in [0.5, 0.6) is 0 Å². The van der Waals surface area contributed by atoms with Gasteiger partial charge in [0.15, 0.2) is 0 Å². The van der Waals surface area contributed by atoms with E-state index in [-0.39, 0.29) is 23.9 Å². The molecule has 1 aromatic heterocycles. The fourth-order valence-corrected chi connectivity index (χ4v) is 5.87. The van der Waals surface area contributed by atoms with E-state index in [0.717, 1.165) is 30.0 Å². The zero-order valence-electron chi connectivity index (χ0n) is 19.4. The molecule has 182 valence electrons. The Hall–Kier alpha value is -3.07. The maximum atomic E-state index is 14.0. The third-order valence-electron chi connectivity index (χ3n) is 6.66. The van der Waals surface area contributed by atoms with Crippen molar-refractivity contribution in [2.75, 3.05) is 26.2 Å². The Labute approximate surface area is 208 Å². The van der Waals surface area contributed by atoms with Crippen molar-refractivity contribution in [1.82, 2.24) is 15.1 Å². The zero-order chi connectivity index (χ0) is 24.4. The van der Waals surface area contributed by atoms with Gasteiger partial charge in [-0.05, 0) is 47.7 Å². The van der Waals surface area contributed by atoms with Crippen molar-refractivity contribution in [1.29, 1.82) is 0 Å². The molecule has 5 rings (SSSR count). The SMILES string of the molecule is O=C(NCC(O)CN1CCc2ccccc2C1)c1cc2c(s1)CCN(C(=O)c1ccccc1F)C2. The van der Waals surface area contributed by atoms with Gasteiger partial charge in [-0.3, -0.25) is 14.5 Å². The molecule has 0 radical (unpaired) electrons. The first kappa shape index (κ1) is 23.7. The molecule has 2 aliphatic heterocycles. The van der Waals surface area contributed by atoms with Gasteiger partial charge in [0.05, 0.1) is 16.5 Å². The monoisotopic (exact) mass is 493 g/mol. The highest BCUT2D eigenvalue weighted by Crippen LogP contribution is 2.29. The third-order valence-corrected chi connectivity index (χ3v) is 7.89. The highest BCUT2D eigenvalue weighted by atomic mass is 32.1. The lowest BCUT2D eigenvalue weighted by Crippen LogP contribution is -2.41. The Morgan fingerprint density at radius 1 is 1.00 bits per heavy atom. The molecule has 0 saturated carbocycles. The quantitative estimate of drug-likeness (QED) is 0.553. The Balaban J connectivity index is 1.14. The Bertz CT molecular complexity index is 1240. The van der Waals surface area contributed by atoms with Crippen LogP contribution in [0.1, 0.15) is 41.6 Å². The molecule has 3 heterocycles. The molecule has 35 heavy (non-hydrogen) atoms. The number of amides is 2. The summed E-state index contributed by atoms with van der Waals surface area (Å²) in [7, 11) is 0. The van der Waals surface area contributed by atoms with Gasteiger partial charge in [-0.2, -0.15) is 0 Å². The lowest BCUT2D eigenvalue weighted by Gasteiger charge is -2.30. The number of nitrogens with zero attached hydrogens (tertiary/aromatic N) is 2. The first-order valence-electron chi connectivity index (χ1n) is 11.9. The summed E-state index contributed by atoms with van der Waals surface area (Å²) < 4.78 is 14.0. The van der Waals surface area contributed by atoms with E-state index in [1.165, 1.54) is 34.6 Å². The predicted molar refractivity (Wildman–Crippen MR) is 133 cm³/mol. The summed E-state index contributed by atoms with van der Waals surface area (Å²) in [5.74, 6) is -1.09. The minimum Gasteiger partial charge on any atom is -0.390 e. The van der Waals surface area contributed by atoms with Crippen LogP contribution in [0.3, 0.4) is 0 Å². The summed E-state index contributed by atoms with van der Waals surface area (Å²) in [6, 6.07) is 16.2. The van der Waals surface area contributed by atoms with E-state index >= 15 is 0 Å². The number of carbonyl (C=O) groups excluding carboxylic acids is 2. The third kappa shape index (κ3) is 5.29. The van der Waals surface area contributed by atoms with Crippen molar-refractivity contribution < 1.29 is 19.1 Å². The number of aliphatic hydroxyl groups is 1. The lowest BCUT2D eigenvalue weighted by atomic mass is 10.00. The van der Waals surface area contributed by atoms with Crippen molar-refractivity contribution in [2.24, 2.45) is 0 Å². The van der Waals surface area contributed by atoms with E-state index in [0.29, 0.717) is 30.9 Å². The summed E-state index contributed by atoms with van der Waals surface area (Å²) in [4.78, 5) is 31.0. The van der Waals surface area contributed by atoms with Gasteiger partial charge >= 0.3 is 0 Å². The number of benzene rings is 2. The molecule has 6 nitrogen and oxygen atoms in total. The second kappa shape index (κ2) is 10.3. The number of hydrogen-bond acceptors (Lipinski definition) is 5.